The molecule has 3 atom stereocenters. The number of rotatable bonds is 9. The molecule has 0 radical (unpaired) electrons. The Bertz CT molecular complexity index is 838. The lowest BCUT2D eigenvalue weighted by Gasteiger charge is -2.40. The molecule has 3 unspecified atom stereocenters. The lowest BCUT2D eigenvalue weighted by molar-refractivity contribution is -0.146. The molecule has 0 aromatic heterocycles. The van der Waals surface area contributed by atoms with Crippen molar-refractivity contribution < 1.29 is 19.1 Å². The minimum absolute atomic E-state index is 0.0889. The molecule has 1 aromatic carbocycles. The van der Waals surface area contributed by atoms with Crippen molar-refractivity contribution in [3.63, 3.8) is 0 Å². The van der Waals surface area contributed by atoms with Crippen molar-refractivity contribution in [3.8, 4) is 0 Å². The van der Waals surface area contributed by atoms with Crippen LogP contribution < -0.4 is 10.6 Å². The molecule has 1 aromatic rings. The quantitative estimate of drug-likeness (QED) is 0.523. The van der Waals surface area contributed by atoms with Gasteiger partial charge in [-0.3, -0.25) is 9.59 Å². The van der Waals surface area contributed by atoms with Gasteiger partial charge in [-0.2, -0.15) is 0 Å². The maximum absolute atomic E-state index is 14.1. The molecular formula is C27H45N3O4. The number of benzene rings is 1. The second kappa shape index (κ2) is 12.2. The zero-order valence-electron chi connectivity index (χ0n) is 22.9. The number of carbonyl (C=O) groups excluding carboxylic acids is 3. The average molecular weight is 476 g/mol. The van der Waals surface area contributed by atoms with Crippen molar-refractivity contribution in [1.29, 1.82) is 0 Å². The zero-order valence-corrected chi connectivity index (χ0v) is 22.9. The Balaban J connectivity index is 3.61. The van der Waals surface area contributed by atoms with Gasteiger partial charge in [0.15, 0.2) is 0 Å². The fourth-order valence-electron chi connectivity index (χ4n) is 3.92. The number of carbonyl (C=O) groups is 3. The van der Waals surface area contributed by atoms with Gasteiger partial charge in [-0.15, -0.1) is 0 Å². The third-order valence-electron chi connectivity index (χ3n) is 5.70. The summed E-state index contributed by atoms with van der Waals surface area (Å²) in [5.74, 6) is -0.749. The molecule has 0 aliphatic heterocycles. The predicted octanol–water partition coefficient (Wildman–Crippen LogP) is 5.05. The Hall–Kier alpha value is -2.57. The summed E-state index contributed by atoms with van der Waals surface area (Å²) in [5, 5.41) is 5.77. The van der Waals surface area contributed by atoms with E-state index in [-0.39, 0.29) is 29.8 Å². The van der Waals surface area contributed by atoms with E-state index in [4.69, 9.17) is 4.74 Å². The lowest BCUT2D eigenvalue weighted by atomic mass is 9.91. The zero-order chi connectivity index (χ0) is 26.4. The number of alkyl carbamates (subject to hydrolysis) is 1. The van der Waals surface area contributed by atoms with Crippen LogP contribution in [0.15, 0.2) is 18.2 Å². The van der Waals surface area contributed by atoms with Crippen LogP contribution in [-0.4, -0.2) is 46.5 Å². The third kappa shape index (κ3) is 8.03. The van der Waals surface area contributed by atoms with Gasteiger partial charge >= 0.3 is 6.09 Å². The van der Waals surface area contributed by atoms with Gasteiger partial charge in [-0.05, 0) is 84.4 Å². The van der Waals surface area contributed by atoms with Crippen LogP contribution in [0.2, 0.25) is 0 Å². The molecule has 2 N–H and O–H groups in total. The van der Waals surface area contributed by atoms with Crippen molar-refractivity contribution in [2.45, 2.75) is 112 Å². The fourth-order valence-corrected chi connectivity index (χ4v) is 3.92. The van der Waals surface area contributed by atoms with Gasteiger partial charge in [0.05, 0.1) is 0 Å². The molecule has 0 heterocycles. The molecule has 3 amide bonds. The van der Waals surface area contributed by atoms with Crippen molar-refractivity contribution in [2.24, 2.45) is 5.92 Å². The molecule has 1 rings (SSSR count). The molecule has 0 saturated carbocycles. The normalized spacial score (nSPS) is 14.4. The molecule has 7 heteroatoms. The minimum Gasteiger partial charge on any atom is -0.444 e. The first kappa shape index (κ1) is 29.5. The van der Waals surface area contributed by atoms with Gasteiger partial charge in [0.25, 0.3) is 0 Å². The number of hydrogen-bond acceptors (Lipinski definition) is 4. The van der Waals surface area contributed by atoms with Crippen molar-refractivity contribution >= 4 is 17.9 Å². The van der Waals surface area contributed by atoms with Crippen LogP contribution in [0.5, 0.6) is 0 Å². The van der Waals surface area contributed by atoms with E-state index in [0.29, 0.717) is 6.42 Å². The van der Waals surface area contributed by atoms with E-state index in [1.165, 1.54) is 0 Å². The largest absolute Gasteiger partial charge is 0.444 e. The summed E-state index contributed by atoms with van der Waals surface area (Å²) in [6, 6.07) is 3.86. The molecule has 7 nitrogen and oxygen atoms in total. The molecular weight excluding hydrogens is 430 g/mol. The van der Waals surface area contributed by atoms with Gasteiger partial charge in [0.1, 0.15) is 17.7 Å². The topological polar surface area (TPSA) is 87.7 Å². The SMILES string of the molecule is CCC(C)N(C(=O)C(NC(=O)OC(C)(C)C)C(C)C)C(C(=O)NC(C)C)c1c(C)cccc1C. The molecule has 0 spiro atoms. The van der Waals surface area contributed by atoms with Crippen molar-refractivity contribution in [2.75, 3.05) is 0 Å². The number of amides is 3. The van der Waals surface area contributed by atoms with Crippen LogP contribution in [0, 0.1) is 19.8 Å². The molecule has 192 valence electrons. The standard InChI is InChI=1S/C27H45N3O4/c1-12-20(8)30(25(32)22(16(2)3)29-26(33)34-27(9,10)11)23(24(31)28-17(4)5)21-18(6)14-13-15-19(21)7/h13-17,20,22-23H,12H2,1-11H3,(H,28,31)(H,29,33). The van der Waals surface area contributed by atoms with E-state index in [1.807, 2.05) is 73.6 Å². The van der Waals surface area contributed by atoms with E-state index in [9.17, 15) is 14.4 Å². The highest BCUT2D eigenvalue weighted by Gasteiger charge is 2.40. The first-order chi connectivity index (χ1) is 15.6. The van der Waals surface area contributed by atoms with E-state index in [2.05, 4.69) is 10.6 Å². The number of nitrogens with one attached hydrogen (secondary N) is 2. The summed E-state index contributed by atoms with van der Waals surface area (Å²) in [7, 11) is 0. The Kier molecular flexibility index (Phi) is 10.6. The molecule has 34 heavy (non-hydrogen) atoms. The Morgan fingerprint density at radius 1 is 0.971 bits per heavy atom. The van der Waals surface area contributed by atoms with Crippen LogP contribution in [-0.2, 0) is 14.3 Å². The third-order valence-corrected chi connectivity index (χ3v) is 5.70. The van der Waals surface area contributed by atoms with Crippen LogP contribution >= 0.6 is 0 Å². The van der Waals surface area contributed by atoms with Gasteiger partial charge in [0.2, 0.25) is 11.8 Å². The Morgan fingerprint density at radius 3 is 1.91 bits per heavy atom. The second-order valence-corrected chi connectivity index (χ2v) is 10.7. The Morgan fingerprint density at radius 2 is 1.50 bits per heavy atom. The van der Waals surface area contributed by atoms with Crippen molar-refractivity contribution in [1.82, 2.24) is 15.5 Å². The Labute approximate surface area is 206 Å². The van der Waals surface area contributed by atoms with Crippen LogP contribution in [0.4, 0.5) is 4.79 Å². The first-order valence-corrected chi connectivity index (χ1v) is 12.3. The number of ether oxygens (including phenoxy) is 1. The van der Waals surface area contributed by atoms with E-state index < -0.39 is 23.8 Å². The highest BCUT2D eigenvalue weighted by atomic mass is 16.6. The molecule has 0 bridgehead atoms. The van der Waals surface area contributed by atoms with Crippen molar-refractivity contribution in [3.05, 3.63) is 34.9 Å². The fraction of sp³-hybridized carbons (Fsp3) is 0.667. The minimum atomic E-state index is -0.845. The molecule has 0 aliphatic rings. The second-order valence-electron chi connectivity index (χ2n) is 10.7. The summed E-state index contributed by atoms with van der Waals surface area (Å²) < 4.78 is 5.42. The van der Waals surface area contributed by atoms with Gasteiger partial charge in [-0.25, -0.2) is 4.79 Å². The summed E-state index contributed by atoms with van der Waals surface area (Å²) in [6.07, 6.45) is -0.00163. The molecule has 0 fully saturated rings. The van der Waals surface area contributed by atoms with Gasteiger partial charge in [0, 0.05) is 12.1 Å². The highest BCUT2D eigenvalue weighted by molar-refractivity contribution is 5.93. The molecule has 0 saturated heterocycles. The predicted molar refractivity (Wildman–Crippen MR) is 137 cm³/mol. The van der Waals surface area contributed by atoms with Gasteiger partial charge < -0.3 is 20.3 Å². The number of nitrogens with zero attached hydrogens (tertiary/aromatic N) is 1. The maximum Gasteiger partial charge on any atom is 0.408 e. The van der Waals surface area contributed by atoms with Crippen LogP contribution in [0.1, 0.15) is 91.5 Å². The molecule has 0 aliphatic carbocycles. The lowest BCUT2D eigenvalue weighted by Crippen LogP contribution is -2.57. The number of aryl methyl sites for hydroxylation is 2. The number of hydrogen-bond donors (Lipinski definition) is 2. The van der Waals surface area contributed by atoms with Crippen LogP contribution in [0.3, 0.4) is 0 Å². The van der Waals surface area contributed by atoms with Crippen LogP contribution in [0.25, 0.3) is 0 Å². The van der Waals surface area contributed by atoms with E-state index >= 15 is 0 Å². The monoisotopic (exact) mass is 475 g/mol. The summed E-state index contributed by atoms with van der Waals surface area (Å²) in [6.45, 7) is 20.7. The summed E-state index contributed by atoms with van der Waals surface area (Å²) in [4.78, 5) is 41.9. The summed E-state index contributed by atoms with van der Waals surface area (Å²) in [5.41, 5.74) is 2.00. The average Bonchev–Trinajstić information content (AvgIpc) is 2.68. The van der Waals surface area contributed by atoms with E-state index in [0.717, 1.165) is 16.7 Å². The van der Waals surface area contributed by atoms with Gasteiger partial charge in [-0.1, -0.05) is 39.0 Å². The smallest absolute Gasteiger partial charge is 0.408 e. The summed E-state index contributed by atoms with van der Waals surface area (Å²) >= 11 is 0. The maximum atomic E-state index is 14.1. The highest BCUT2D eigenvalue weighted by Crippen LogP contribution is 2.31. The first-order valence-electron chi connectivity index (χ1n) is 12.3. The van der Waals surface area contributed by atoms with E-state index in [1.54, 1.807) is 25.7 Å².